The highest BCUT2D eigenvalue weighted by molar-refractivity contribution is 7.25. The molecule has 0 saturated heterocycles. The second-order valence-corrected chi connectivity index (χ2v) is 10.8. The van der Waals surface area contributed by atoms with Gasteiger partial charge in [-0.1, -0.05) is 91.0 Å². The molecule has 0 aliphatic heterocycles. The van der Waals surface area contributed by atoms with Crippen LogP contribution in [-0.4, -0.2) is 13.4 Å². The molecule has 7 rings (SSSR count). The first kappa shape index (κ1) is 24.1. The summed E-state index contributed by atoms with van der Waals surface area (Å²) in [6.45, 7) is 4.16. The highest BCUT2D eigenvalue weighted by Gasteiger charge is 2.15. The van der Waals surface area contributed by atoms with Gasteiger partial charge in [0.1, 0.15) is 11.4 Å². The average Bonchev–Trinajstić information content (AvgIpc) is 3.40. The van der Waals surface area contributed by atoms with Gasteiger partial charge in [-0.05, 0) is 65.7 Å². The van der Waals surface area contributed by atoms with Gasteiger partial charge in [0.2, 0.25) is 0 Å². The Labute approximate surface area is 237 Å². The molecule has 0 radical (unpaired) electrons. The van der Waals surface area contributed by atoms with Crippen molar-refractivity contribution < 1.29 is 4.74 Å². The summed E-state index contributed by atoms with van der Waals surface area (Å²) < 4.78 is 9.07. The highest BCUT2D eigenvalue weighted by Crippen LogP contribution is 2.39. The molecule has 0 unspecified atom stereocenters. The summed E-state index contributed by atoms with van der Waals surface area (Å²) in [6, 6.07) is 46.6. The van der Waals surface area contributed by atoms with Crippen molar-refractivity contribution in [3.05, 3.63) is 133 Å². The van der Waals surface area contributed by atoms with E-state index in [-0.39, 0.29) is 0 Å². The molecule has 0 amide bonds. The van der Waals surface area contributed by atoms with Gasteiger partial charge in [-0.25, -0.2) is 0 Å². The van der Waals surface area contributed by atoms with Crippen LogP contribution in [0.1, 0.15) is 0 Å². The lowest BCUT2D eigenvalue weighted by atomic mass is 10.1. The second-order valence-electron chi connectivity index (χ2n) is 9.68. The second kappa shape index (κ2) is 10.3. The maximum Gasteiger partial charge on any atom is 0.165 e. The predicted molar refractivity (Wildman–Crippen MR) is 172 cm³/mol. The first-order valence-electron chi connectivity index (χ1n) is 13.2. The zero-order chi connectivity index (χ0) is 26.9. The van der Waals surface area contributed by atoms with Crippen LogP contribution in [0.25, 0.3) is 42.1 Å². The molecule has 1 aromatic heterocycles. The standard InChI is InChI=1S/C36H26N2OS/c1-37-36-30-12-6-5-11-27(30)17-21-33(36)39-24-38(28-18-15-26(16-19-28)25-9-3-2-4-10-25)29-20-22-35-32(23-29)31-13-7-8-14-34(31)40-35/h2-23H,1,24H2. The Morgan fingerprint density at radius 3 is 2.10 bits per heavy atom. The Kier molecular flexibility index (Phi) is 6.23. The average molecular weight is 535 g/mol. The number of nitrogens with zero attached hydrogens (tertiary/aromatic N) is 2. The summed E-state index contributed by atoms with van der Waals surface area (Å²) in [4.78, 5) is 6.55. The molecule has 4 heteroatoms. The molecule has 3 nitrogen and oxygen atoms in total. The third kappa shape index (κ3) is 4.39. The molecule has 7 aromatic rings. The highest BCUT2D eigenvalue weighted by atomic mass is 32.1. The molecule has 0 spiro atoms. The zero-order valence-electron chi connectivity index (χ0n) is 21.8. The van der Waals surface area contributed by atoms with E-state index in [0.717, 1.165) is 27.8 Å². The van der Waals surface area contributed by atoms with Gasteiger partial charge in [-0.2, -0.15) is 0 Å². The van der Waals surface area contributed by atoms with E-state index in [0.29, 0.717) is 12.5 Å². The van der Waals surface area contributed by atoms with Gasteiger partial charge < -0.3 is 9.64 Å². The van der Waals surface area contributed by atoms with Gasteiger partial charge in [0, 0.05) is 36.9 Å². The van der Waals surface area contributed by atoms with E-state index >= 15 is 0 Å². The van der Waals surface area contributed by atoms with Crippen LogP contribution in [-0.2, 0) is 0 Å². The van der Waals surface area contributed by atoms with Crippen molar-refractivity contribution in [1.29, 1.82) is 0 Å². The monoisotopic (exact) mass is 534 g/mol. The number of thiophene rings is 1. The fraction of sp³-hybridized carbons (Fsp3) is 0.0278. The maximum atomic E-state index is 6.50. The Morgan fingerprint density at radius 1 is 0.600 bits per heavy atom. The van der Waals surface area contributed by atoms with E-state index in [9.17, 15) is 0 Å². The molecular formula is C36H26N2OS. The summed E-state index contributed by atoms with van der Waals surface area (Å²) in [7, 11) is 0. The van der Waals surface area contributed by atoms with Gasteiger partial charge in [0.25, 0.3) is 0 Å². The van der Waals surface area contributed by atoms with Crippen LogP contribution in [0.15, 0.2) is 138 Å². The lowest BCUT2D eigenvalue weighted by Crippen LogP contribution is -2.22. The summed E-state index contributed by atoms with van der Waals surface area (Å²) in [5.41, 5.74) is 5.25. The number of aliphatic imine (C=N–C) groups is 1. The van der Waals surface area contributed by atoms with Crippen LogP contribution in [0.4, 0.5) is 17.1 Å². The van der Waals surface area contributed by atoms with Crippen LogP contribution in [0.5, 0.6) is 5.75 Å². The number of fused-ring (bicyclic) bond motifs is 4. The van der Waals surface area contributed by atoms with Crippen LogP contribution in [0.3, 0.4) is 0 Å². The molecule has 0 N–H and O–H groups in total. The SMILES string of the molecule is C=Nc1c(OCN(c2ccc(-c3ccccc3)cc2)c2ccc3sc4ccccc4c3c2)ccc2ccccc12. The van der Waals surface area contributed by atoms with E-state index in [2.05, 4.69) is 126 Å². The number of hydrogen-bond acceptors (Lipinski definition) is 4. The molecular weight excluding hydrogens is 508 g/mol. The van der Waals surface area contributed by atoms with Gasteiger partial charge >= 0.3 is 0 Å². The number of ether oxygens (including phenoxy) is 1. The minimum absolute atomic E-state index is 0.319. The number of hydrogen-bond donors (Lipinski definition) is 0. The largest absolute Gasteiger partial charge is 0.470 e. The van der Waals surface area contributed by atoms with Gasteiger partial charge in [0.15, 0.2) is 6.73 Å². The molecule has 0 aliphatic carbocycles. The minimum atomic E-state index is 0.319. The molecule has 0 fully saturated rings. The Balaban J connectivity index is 1.30. The third-order valence-electron chi connectivity index (χ3n) is 7.33. The molecule has 6 aromatic carbocycles. The Morgan fingerprint density at radius 2 is 1.27 bits per heavy atom. The van der Waals surface area contributed by atoms with Crippen molar-refractivity contribution in [2.45, 2.75) is 0 Å². The van der Waals surface area contributed by atoms with Gasteiger partial charge in [0.05, 0.1) is 0 Å². The molecule has 0 aliphatic rings. The normalized spacial score (nSPS) is 11.2. The Bertz CT molecular complexity index is 1980. The lowest BCUT2D eigenvalue weighted by Gasteiger charge is -2.26. The molecule has 192 valence electrons. The van der Waals surface area contributed by atoms with Crippen molar-refractivity contribution in [1.82, 2.24) is 0 Å². The third-order valence-corrected chi connectivity index (χ3v) is 8.48. The molecule has 40 heavy (non-hydrogen) atoms. The minimum Gasteiger partial charge on any atom is -0.470 e. The molecule has 0 bridgehead atoms. The number of rotatable bonds is 7. The van der Waals surface area contributed by atoms with E-state index in [1.807, 2.05) is 35.6 Å². The van der Waals surface area contributed by atoms with Crippen LogP contribution in [0.2, 0.25) is 0 Å². The van der Waals surface area contributed by atoms with Crippen LogP contribution in [0, 0.1) is 0 Å². The van der Waals surface area contributed by atoms with Crippen LogP contribution >= 0.6 is 11.3 Å². The first-order valence-corrected chi connectivity index (χ1v) is 14.1. The van der Waals surface area contributed by atoms with Gasteiger partial charge in [-0.15, -0.1) is 11.3 Å². The van der Waals surface area contributed by atoms with Crippen molar-refractivity contribution in [3.8, 4) is 16.9 Å². The van der Waals surface area contributed by atoms with Crippen molar-refractivity contribution >= 4 is 66.1 Å². The first-order chi connectivity index (χ1) is 19.8. The smallest absolute Gasteiger partial charge is 0.165 e. The van der Waals surface area contributed by atoms with E-state index in [1.54, 1.807) is 0 Å². The maximum absolute atomic E-state index is 6.50. The van der Waals surface area contributed by atoms with E-state index in [4.69, 9.17) is 4.74 Å². The fourth-order valence-corrected chi connectivity index (χ4v) is 6.38. The van der Waals surface area contributed by atoms with Crippen molar-refractivity contribution in [2.24, 2.45) is 4.99 Å². The summed E-state index contributed by atoms with van der Waals surface area (Å²) in [5, 5.41) is 4.67. The quantitative estimate of drug-likeness (QED) is 0.150. The topological polar surface area (TPSA) is 24.8 Å². The zero-order valence-corrected chi connectivity index (χ0v) is 22.6. The van der Waals surface area contributed by atoms with Crippen molar-refractivity contribution in [2.75, 3.05) is 11.6 Å². The summed E-state index contributed by atoms with van der Waals surface area (Å²) in [5.74, 6) is 0.710. The number of benzene rings is 6. The van der Waals surface area contributed by atoms with Gasteiger partial charge in [-0.3, -0.25) is 4.99 Å². The molecule has 0 saturated carbocycles. The summed E-state index contributed by atoms with van der Waals surface area (Å²) in [6.07, 6.45) is 0. The van der Waals surface area contributed by atoms with E-state index in [1.165, 1.54) is 31.3 Å². The Hall–Kier alpha value is -4.93. The molecule has 1 heterocycles. The predicted octanol–water partition coefficient (Wildman–Crippen LogP) is 10.4. The number of anilines is 2. The van der Waals surface area contributed by atoms with Crippen molar-refractivity contribution in [3.63, 3.8) is 0 Å². The van der Waals surface area contributed by atoms with E-state index < -0.39 is 0 Å². The van der Waals surface area contributed by atoms with Crippen LogP contribution < -0.4 is 9.64 Å². The molecule has 0 atom stereocenters. The lowest BCUT2D eigenvalue weighted by molar-refractivity contribution is 0.328. The fourth-order valence-electron chi connectivity index (χ4n) is 5.29. The summed E-state index contributed by atoms with van der Waals surface area (Å²) >= 11 is 1.82.